The lowest BCUT2D eigenvalue weighted by atomic mass is 10.1. The number of ether oxygens (including phenoxy) is 5. The summed E-state index contributed by atoms with van der Waals surface area (Å²) in [5, 5.41) is 24.3. The molecule has 139 heavy (non-hydrogen) atoms. The molecule has 4 aliphatic heterocycles. The first-order chi connectivity index (χ1) is 68.3. The van der Waals surface area contributed by atoms with E-state index < -0.39 is 0 Å². The lowest BCUT2D eigenvalue weighted by Gasteiger charge is -2.19. The van der Waals surface area contributed by atoms with Crippen molar-refractivity contribution < 1.29 is 23.7 Å². The van der Waals surface area contributed by atoms with Gasteiger partial charge in [0.1, 0.15) is 37.1 Å². The van der Waals surface area contributed by atoms with Gasteiger partial charge in [-0.1, -0.05) is 178 Å². The Hall–Kier alpha value is -13.7. The first kappa shape index (κ1) is 95.6. The van der Waals surface area contributed by atoms with Gasteiger partial charge in [0.25, 0.3) is 0 Å². The summed E-state index contributed by atoms with van der Waals surface area (Å²) in [4.78, 5) is 29.3. The van der Waals surface area contributed by atoms with Gasteiger partial charge in [-0.15, -0.1) is 0 Å². The SMILES string of the molecule is C=Cn1cc(-c2cccc3nc(Cc4ccc(CCCN5CCCC5)cc4)nn23)cn1.CC(C)Oc1cccc(-c2cccc3nc(Cc4ccc(CCCN5CCCC5)cc4)nn23)c1.CCN(CC)CCCOc1ccc(Cc2nc3cccc(-c4ccc5c(c4)OCCO5)n3n2)cc1.Clc1cccc(COc2cccc(-c3cccc4nc(Cc5ccc(CCCN6CCCC6)cc5)nn34)c2)c1. The fourth-order valence-corrected chi connectivity index (χ4v) is 19.0. The highest BCUT2D eigenvalue weighted by Crippen LogP contribution is 2.36. The first-order valence-corrected chi connectivity index (χ1v) is 50.3. The van der Waals surface area contributed by atoms with Crippen LogP contribution in [0.3, 0.4) is 0 Å². The number of benzene rings is 8. The average Bonchev–Trinajstić information content (AvgIpc) is 1.64. The number of aromatic nitrogens is 14. The molecule has 0 atom stereocenters. The minimum atomic E-state index is 0.139. The van der Waals surface area contributed by atoms with Crippen LogP contribution in [0.1, 0.15) is 160 Å². The zero-order valence-electron chi connectivity index (χ0n) is 80.6. The van der Waals surface area contributed by atoms with Crippen molar-refractivity contribution in [2.45, 2.75) is 150 Å². The van der Waals surface area contributed by atoms with Gasteiger partial charge in [0.15, 0.2) is 57.4 Å². The fraction of sp³-hybridized carbons (Fsp3) is 0.330. The Morgan fingerprint density at radius 3 is 1.21 bits per heavy atom. The summed E-state index contributed by atoms with van der Waals surface area (Å²) in [5.74, 6) is 7.37. The Kier molecular flexibility index (Phi) is 32.7. The van der Waals surface area contributed by atoms with E-state index in [9.17, 15) is 0 Å². The molecule has 3 fully saturated rings. The van der Waals surface area contributed by atoms with Crippen molar-refractivity contribution in [2.75, 3.05) is 98.4 Å². The molecule has 0 radical (unpaired) electrons. The van der Waals surface area contributed by atoms with E-state index in [1.165, 1.54) is 150 Å². The van der Waals surface area contributed by atoms with Crippen LogP contribution in [0.15, 0.2) is 280 Å². The predicted molar refractivity (Wildman–Crippen MR) is 555 cm³/mol. The van der Waals surface area contributed by atoms with Gasteiger partial charge in [-0.05, 0) is 329 Å². The van der Waals surface area contributed by atoms with Gasteiger partial charge in [-0.25, -0.2) is 42.7 Å². The maximum Gasteiger partial charge on any atom is 0.162 e. The molecule has 21 rings (SSSR count). The van der Waals surface area contributed by atoms with E-state index in [2.05, 4.69) is 160 Å². The number of nitrogens with zero attached hydrogens (tertiary/aromatic N) is 18. The van der Waals surface area contributed by atoms with Crippen LogP contribution in [0.2, 0.25) is 5.02 Å². The third kappa shape index (κ3) is 26.2. The van der Waals surface area contributed by atoms with Gasteiger partial charge in [0.2, 0.25) is 0 Å². The molecular weight excluding hydrogens is 1750 g/mol. The number of fused-ring (bicyclic) bond motifs is 5. The summed E-state index contributed by atoms with van der Waals surface area (Å²) in [7, 11) is 0. The number of hydrogen-bond acceptors (Lipinski definition) is 18. The third-order valence-electron chi connectivity index (χ3n) is 26.1. The first-order valence-electron chi connectivity index (χ1n) is 49.9. The highest BCUT2D eigenvalue weighted by molar-refractivity contribution is 6.30. The van der Waals surface area contributed by atoms with E-state index in [4.69, 9.17) is 75.6 Å². The molecule has 0 spiro atoms. The molecular formula is C115H127ClN18O5. The summed E-state index contributed by atoms with van der Waals surface area (Å²) >= 11 is 6.11. The summed E-state index contributed by atoms with van der Waals surface area (Å²) in [5.41, 5.74) is 21.5. The number of aryl methyl sites for hydroxylation is 3. The third-order valence-corrected chi connectivity index (χ3v) is 26.3. The molecule has 0 N–H and O–H groups in total. The standard InChI is InChI=1S/C33H33ClN4O.C29H34N4O.C28H32N4O3.C25H28N6/c34-29-10-3-7-27(21-29)24-39-30-11-4-9-28(23-30)31-12-5-13-33-35-32(36-38(31)33)22-26-16-14-25(15-17-26)8-6-20-37-18-1-2-19-37;1-22(2)34-26-10-5-9-25(21-26)27-11-6-12-29-30-28(31-33(27)29)20-24-15-13-23(14-16-24)8-7-19-32-17-3-4-18-32;1-3-31(4-2)15-6-16-33-23-12-9-21(10-13-23)19-27-29-28-8-5-7-24(32(28)30-27)22-11-14-25-26(20-22)35-18-17-34-25;1-2-30-19-22(18-26-30)23-8-5-9-25-27-24(28-31(23)25)17-21-12-10-20(11-13-21)7-6-16-29-14-3-4-15-29/h3-5,7,9-17,21,23H,1-2,6,8,18-20,22,24H2;5-6,9-16,21-22H,3-4,7-8,17-20H2,1-2H3;5,7-14,20H,3-4,6,15-19H2,1-2H3;2,5,8-13,18-19H,1,3-4,6-7,14-17H2. The van der Waals surface area contributed by atoms with E-state index in [0.29, 0.717) is 37.7 Å². The number of hydrogen-bond donors (Lipinski definition) is 0. The van der Waals surface area contributed by atoms with Crippen molar-refractivity contribution in [2.24, 2.45) is 0 Å². The van der Waals surface area contributed by atoms with Crippen LogP contribution >= 0.6 is 11.6 Å². The summed E-state index contributed by atoms with van der Waals surface area (Å²) < 4.78 is 38.6. The van der Waals surface area contributed by atoms with Gasteiger partial charge < -0.3 is 43.3 Å². The Morgan fingerprint density at radius 2 is 0.784 bits per heavy atom. The van der Waals surface area contributed by atoms with Crippen molar-refractivity contribution >= 4 is 40.4 Å². The highest BCUT2D eigenvalue weighted by atomic mass is 35.5. The molecule has 714 valence electrons. The van der Waals surface area contributed by atoms with Crippen LogP contribution in [-0.2, 0) is 51.6 Å². The summed E-state index contributed by atoms with van der Waals surface area (Å²) in [6, 6.07) is 89.4. The number of halogens is 1. The van der Waals surface area contributed by atoms with Crippen LogP contribution in [0, 0.1) is 0 Å². The molecule has 13 heterocycles. The van der Waals surface area contributed by atoms with Gasteiger partial charge in [0, 0.05) is 71.9 Å². The van der Waals surface area contributed by atoms with Crippen molar-refractivity contribution in [1.82, 2.24) is 87.8 Å². The molecule has 0 bridgehead atoms. The monoisotopic (exact) mass is 1870 g/mol. The maximum atomic E-state index is 6.11. The molecule has 8 aromatic carbocycles. The topological polar surface area (TPSA) is 198 Å². The summed E-state index contributed by atoms with van der Waals surface area (Å²) in [6.07, 6.45) is 24.7. The summed E-state index contributed by atoms with van der Waals surface area (Å²) in [6.45, 7) is 29.1. The van der Waals surface area contributed by atoms with Crippen LogP contribution in [0.5, 0.6) is 28.7 Å². The normalized spacial score (nSPS) is 13.8. The molecule has 24 heteroatoms. The lowest BCUT2D eigenvalue weighted by Crippen LogP contribution is -2.25. The fourth-order valence-electron chi connectivity index (χ4n) is 18.7. The largest absolute Gasteiger partial charge is 0.494 e. The second-order valence-corrected chi connectivity index (χ2v) is 37.1. The number of rotatable bonds is 37. The average molecular weight is 1880 g/mol. The molecule has 23 nitrogen and oxygen atoms in total. The smallest absolute Gasteiger partial charge is 0.162 e. The maximum absolute atomic E-state index is 6.11. The highest BCUT2D eigenvalue weighted by Gasteiger charge is 2.22. The van der Waals surface area contributed by atoms with Crippen LogP contribution in [0.25, 0.3) is 73.8 Å². The Balaban J connectivity index is 0.000000123. The number of likely N-dealkylation sites (tertiary alicyclic amines) is 3. The molecule has 0 saturated carbocycles. The molecule has 4 aliphatic rings. The second-order valence-electron chi connectivity index (χ2n) is 36.7. The van der Waals surface area contributed by atoms with Crippen LogP contribution < -0.4 is 23.7 Å². The van der Waals surface area contributed by atoms with Gasteiger partial charge in [-0.2, -0.15) is 25.5 Å². The van der Waals surface area contributed by atoms with Crippen LogP contribution in [0.4, 0.5) is 0 Å². The molecule has 17 aromatic rings. The predicted octanol–water partition coefficient (Wildman–Crippen LogP) is 22.2. The van der Waals surface area contributed by atoms with Gasteiger partial charge in [0.05, 0.1) is 41.7 Å². The minimum absolute atomic E-state index is 0.139. The Bertz CT molecular complexity index is 6830. The zero-order chi connectivity index (χ0) is 94.9. The molecule has 0 amide bonds. The van der Waals surface area contributed by atoms with Gasteiger partial charge >= 0.3 is 0 Å². The van der Waals surface area contributed by atoms with E-state index in [1.807, 2.05) is 190 Å². The van der Waals surface area contributed by atoms with Crippen molar-refractivity contribution in [3.05, 3.63) is 353 Å². The van der Waals surface area contributed by atoms with E-state index in [-0.39, 0.29) is 6.10 Å². The minimum Gasteiger partial charge on any atom is -0.494 e. The molecule has 9 aromatic heterocycles. The zero-order valence-corrected chi connectivity index (χ0v) is 81.4. The number of pyridine rings is 4. The van der Waals surface area contributed by atoms with E-state index in [1.54, 1.807) is 10.9 Å². The molecule has 0 unspecified atom stereocenters. The molecule has 0 aliphatic carbocycles. The lowest BCUT2D eigenvalue weighted by molar-refractivity contribution is 0.171. The van der Waals surface area contributed by atoms with E-state index in [0.717, 1.165) is 196 Å². The molecule has 3 saturated heterocycles. The van der Waals surface area contributed by atoms with Gasteiger partial charge in [-0.3, -0.25) is 0 Å². The van der Waals surface area contributed by atoms with Crippen molar-refractivity contribution in [1.29, 1.82) is 0 Å². The van der Waals surface area contributed by atoms with E-state index >= 15 is 0 Å². The van der Waals surface area contributed by atoms with Crippen molar-refractivity contribution in [3.8, 4) is 73.8 Å². The van der Waals surface area contributed by atoms with Crippen LogP contribution in [-0.4, -0.2) is 192 Å². The van der Waals surface area contributed by atoms with Crippen molar-refractivity contribution in [3.63, 3.8) is 0 Å². The Morgan fingerprint density at radius 1 is 0.388 bits per heavy atom. The second kappa shape index (κ2) is 47.6. The quantitative estimate of drug-likeness (QED) is 0.0333. The Labute approximate surface area is 821 Å².